The summed E-state index contributed by atoms with van der Waals surface area (Å²) in [6.07, 6.45) is 2.15. The number of hydrogen-bond donors (Lipinski definition) is 1. The Morgan fingerprint density at radius 3 is 2.60 bits per heavy atom. The Morgan fingerprint density at radius 2 is 2.07 bits per heavy atom. The zero-order valence-electron chi connectivity index (χ0n) is 9.03. The second-order valence-corrected chi connectivity index (χ2v) is 3.90. The molecule has 0 fully saturated rings. The minimum absolute atomic E-state index is 0.287. The van der Waals surface area contributed by atoms with Crippen LogP contribution in [-0.4, -0.2) is 5.71 Å². The van der Waals surface area contributed by atoms with Crippen molar-refractivity contribution in [3.05, 3.63) is 35.9 Å². The van der Waals surface area contributed by atoms with E-state index in [2.05, 4.69) is 18.2 Å². The molecule has 0 amide bonds. The van der Waals surface area contributed by atoms with Gasteiger partial charge in [0.05, 0.1) is 6.07 Å². The molecule has 1 aromatic rings. The fourth-order valence-corrected chi connectivity index (χ4v) is 1.73. The number of nitrogens with zero attached hydrogens (tertiary/aromatic N) is 1. The summed E-state index contributed by atoms with van der Waals surface area (Å²) in [5.41, 5.74) is 1.91. The SMILES string of the molecule is CC(=N)CC(CC#N)Cc1ccccc1. The molecule has 0 saturated heterocycles. The van der Waals surface area contributed by atoms with Gasteiger partial charge in [0.2, 0.25) is 0 Å². The topological polar surface area (TPSA) is 47.6 Å². The summed E-state index contributed by atoms with van der Waals surface area (Å²) in [6, 6.07) is 12.4. The first-order chi connectivity index (χ1) is 7.22. The molecule has 1 N–H and O–H groups in total. The van der Waals surface area contributed by atoms with Crippen molar-refractivity contribution in [1.82, 2.24) is 0 Å². The third kappa shape index (κ3) is 4.42. The van der Waals surface area contributed by atoms with E-state index in [4.69, 9.17) is 10.7 Å². The predicted octanol–water partition coefficient (Wildman–Crippen LogP) is 3.19. The Balaban J connectivity index is 2.59. The summed E-state index contributed by atoms with van der Waals surface area (Å²) in [4.78, 5) is 0. The smallest absolute Gasteiger partial charge is 0.0624 e. The van der Waals surface area contributed by atoms with Crippen LogP contribution in [0.25, 0.3) is 0 Å². The van der Waals surface area contributed by atoms with Gasteiger partial charge in [-0.1, -0.05) is 30.3 Å². The molecule has 78 valence electrons. The van der Waals surface area contributed by atoms with E-state index in [9.17, 15) is 0 Å². The molecule has 15 heavy (non-hydrogen) atoms. The Hall–Kier alpha value is -1.62. The molecular weight excluding hydrogens is 184 g/mol. The van der Waals surface area contributed by atoms with E-state index in [1.165, 1.54) is 5.56 Å². The van der Waals surface area contributed by atoms with Crippen LogP contribution in [-0.2, 0) is 6.42 Å². The molecular formula is C13H16N2. The van der Waals surface area contributed by atoms with E-state index in [0.29, 0.717) is 12.1 Å². The van der Waals surface area contributed by atoms with Crippen molar-refractivity contribution in [2.75, 3.05) is 0 Å². The number of nitriles is 1. The van der Waals surface area contributed by atoms with E-state index in [0.717, 1.165) is 12.8 Å². The normalized spacial score (nSPS) is 11.7. The molecule has 0 saturated carbocycles. The summed E-state index contributed by atoms with van der Waals surface area (Å²) in [5, 5.41) is 16.2. The van der Waals surface area contributed by atoms with Gasteiger partial charge >= 0.3 is 0 Å². The number of rotatable bonds is 5. The Kier molecular flexibility index (Phi) is 4.56. The zero-order chi connectivity index (χ0) is 11.1. The number of benzene rings is 1. The Labute approximate surface area is 91.1 Å². The van der Waals surface area contributed by atoms with Crippen LogP contribution in [0.3, 0.4) is 0 Å². The molecule has 1 atom stereocenters. The van der Waals surface area contributed by atoms with E-state index in [1.54, 1.807) is 6.92 Å². The minimum Gasteiger partial charge on any atom is -0.310 e. The first-order valence-electron chi connectivity index (χ1n) is 5.17. The summed E-state index contributed by atoms with van der Waals surface area (Å²) in [7, 11) is 0. The second kappa shape index (κ2) is 5.98. The molecule has 1 unspecified atom stereocenters. The molecule has 0 aliphatic heterocycles. The van der Waals surface area contributed by atoms with Crippen molar-refractivity contribution in [2.45, 2.75) is 26.2 Å². The average molecular weight is 200 g/mol. The van der Waals surface area contributed by atoms with Gasteiger partial charge in [-0.25, -0.2) is 0 Å². The quantitative estimate of drug-likeness (QED) is 0.729. The monoisotopic (exact) mass is 200 g/mol. The van der Waals surface area contributed by atoms with E-state index in [-0.39, 0.29) is 5.92 Å². The van der Waals surface area contributed by atoms with Gasteiger partial charge in [-0.2, -0.15) is 5.26 Å². The summed E-state index contributed by atoms with van der Waals surface area (Å²) in [6.45, 7) is 1.80. The first kappa shape index (κ1) is 11.5. The van der Waals surface area contributed by atoms with Crippen LogP contribution >= 0.6 is 0 Å². The van der Waals surface area contributed by atoms with Crippen molar-refractivity contribution < 1.29 is 0 Å². The molecule has 0 aliphatic rings. The summed E-state index contributed by atoms with van der Waals surface area (Å²) < 4.78 is 0. The van der Waals surface area contributed by atoms with Crippen molar-refractivity contribution in [3.63, 3.8) is 0 Å². The van der Waals surface area contributed by atoms with Crippen molar-refractivity contribution in [2.24, 2.45) is 5.92 Å². The van der Waals surface area contributed by atoms with Gasteiger partial charge in [0, 0.05) is 12.1 Å². The summed E-state index contributed by atoms with van der Waals surface area (Å²) >= 11 is 0. The van der Waals surface area contributed by atoms with Crippen LogP contribution in [0.5, 0.6) is 0 Å². The lowest BCUT2D eigenvalue weighted by Crippen LogP contribution is -2.08. The molecule has 1 aromatic carbocycles. The standard InChI is InChI=1S/C13H16N2/c1-11(15)9-13(7-8-14)10-12-5-3-2-4-6-12/h2-6,13,15H,7,9-10H2,1H3. The van der Waals surface area contributed by atoms with Crippen LogP contribution in [0.2, 0.25) is 0 Å². The second-order valence-electron chi connectivity index (χ2n) is 3.90. The first-order valence-corrected chi connectivity index (χ1v) is 5.17. The molecule has 0 aromatic heterocycles. The van der Waals surface area contributed by atoms with Crippen molar-refractivity contribution in [1.29, 1.82) is 10.7 Å². The third-order valence-corrected chi connectivity index (χ3v) is 2.34. The highest BCUT2D eigenvalue weighted by Crippen LogP contribution is 2.15. The van der Waals surface area contributed by atoms with Crippen LogP contribution in [0, 0.1) is 22.7 Å². The van der Waals surface area contributed by atoms with Crippen LogP contribution in [0.1, 0.15) is 25.3 Å². The Bertz CT molecular complexity index is 349. The maximum absolute atomic E-state index is 8.71. The highest BCUT2D eigenvalue weighted by atomic mass is 14.4. The van der Waals surface area contributed by atoms with E-state index in [1.807, 2.05) is 18.2 Å². The maximum Gasteiger partial charge on any atom is 0.0624 e. The molecule has 2 heteroatoms. The lowest BCUT2D eigenvalue weighted by molar-refractivity contribution is 0.557. The predicted molar refractivity (Wildman–Crippen MR) is 61.9 cm³/mol. The number of nitrogens with one attached hydrogen (secondary N) is 1. The largest absolute Gasteiger partial charge is 0.310 e. The van der Waals surface area contributed by atoms with Gasteiger partial charge in [-0.3, -0.25) is 0 Å². The highest BCUT2D eigenvalue weighted by Gasteiger charge is 2.10. The van der Waals surface area contributed by atoms with Gasteiger partial charge in [-0.15, -0.1) is 0 Å². The van der Waals surface area contributed by atoms with Gasteiger partial charge in [0.1, 0.15) is 0 Å². The number of hydrogen-bond acceptors (Lipinski definition) is 2. The average Bonchev–Trinajstić information content (AvgIpc) is 2.18. The van der Waals surface area contributed by atoms with Crippen LogP contribution < -0.4 is 0 Å². The molecule has 0 bridgehead atoms. The fraction of sp³-hybridized carbons (Fsp3) is 0.385. The molecule has 0 aliphatic carbocycles. The van der Waals surface area contributed by atoms with Gasteiger partial charge in [-0.05, 0) is 31.2 Å². The van der Waals surface area contributed by atoms with E-state index < -0.39 is 0 Å². The van der Waals surface area contributed by atoms with Gasteiger partial charge in [0.25, 0.3) is 0 Å². The van der Waals surface area contributed by atoms with Crippen molar-refractivity contribution in [3.8, 4) is 6.07 Å². The van der Waals surface area contributed by atoms with Gasteiger partial charge < -0.3 is 5.41 Å². The lowest BCUT2D eigenvalue weighted by atomic mass is 9.92. The third-order valence-electron chi connectivity index (χ3n) is 2.34. The summed E-state index contributed by atoms with van der Waals surface area (Å²) in [5.74, 6) is 0.287. The highest BCUT2D eigenvalue weighted by molar-refractivity contribution is 5.78. The zero-order valence-corrected chi connectivity index (χ0v) is 9.03. The Morgan fingerprint density at radius 1 is 1.40 bits per heavy atom. The fourth-order valence-electron chi connectivity index (χ4n) is 1.73. The lowest BCUT2D eigenvalue weighted by Gasteiger charge is -2.12. The van der Waals surface area contributed by atoms with Crippen LogP contribution in [0.4, 0.5) is 0 Å². The molecule has 0 radical (unpaired) electrons. The van der Waals surface area contributed by atoms with Crippen LogP contribution in [0.15, 0.2) is 30.3 Å². The molecule has 1 rings (SSSR count). The molecule has 0 spiro atoms. The van der Waals surface area contributed by atoms with Gasteiger partial charge in [0.15, 0.2) is 0 Å². The maximum atomic E-state index is 8.71. The van der Waals surface area contributed by atoms with E-state index >= 15 is 0 Å². The molecule has 0 heterocycles. The van der Waals surface area contributed by atoms with Crippen molar-refractivity contribution >= 4 is 5.71 Å². The minimum atomic E-state index is 0.287. The molecule has 2 nitrogen and oxygen atoms in total.